The molecule has 0 aliphatic heterocycles. The minimum Gasteiger partial charge on any atom is -0.481 e. The van der Waals surface area contributed by atoms with E-state index in [2.05, 4.69) is 25.3 Å². The second kappa shape index (κ2) is 7.01. The highest BCUT2D eigenvalue weighted by Gasteiger charge is 2.09. The van der Waals surface area contributed by atoms with E-state index in [4.69, 9.17) is 16.7 Å². The fraction of sp³-hybridized carbons (Fsp3) is 0.0625. The van der Waals surface area contributed by atoms with Crippen LogP contribution in [0.2, 0.25) is 5.15 Å². The van der Waals surface area contributed by atoms with Gasteiger partial charge in [-0.25, -0.2) is 15.0 Å². The summed E-state index contributed by atoms with van der Waals surface area (Å²) in [6, 6.07) is 10.5. The largest absolute Gasteiger partial charge is 0.481 e. The Bertz CT molecular complexity index is 888. The van der Waals surface area contributed by atoms with Crippen LogP contribution in [0.3, 0.4) is 0 Å². The summed E-state index contributed by atoms with van der Waals surface area (Å²) in [5.74, 6) is -0.166. The minimum absolute atomic E-state index is 0.0523. The maximum Gasteiger partial charge on any atom is 0.307 e. The van der Waals surface area contributed by atoms with Gasteiger partial charge in [-0.05, 0) is 29.8 Å². The number of carboxylic acids is 1. The van der Waals surface area contributed by atoms with E-state index in [-0.39, 0.29) is 6.42 Å². The van der Waals surface area contributed by atoms with Crippen LogP contribution in [0.1, 0.15) is 5.56 Å². The first-order valence-corrected chi connectivity index (χ1v) is 7.37. The Morgan fingerprint density at radius 1 is 1.17 bits per heavy atom. The zero-order valence-corrected chi connectivity index (χ0v) is 13.1. The number of nitrogens with zero attached hydrogens (tertiary/aromatic N) is 4. The molecule has 7 nitrogen and oxygen atoms in total. The normalized spacial score (nSPS) is 10.4. The van der Waals surface area contributed by atoms with Gasteiger partial charge in [0, 0.05) is 11.9 Å². The lowest BCUT2D eigenvalue weighted by Gasteiger charge is -2.07. The molecule has 0 aliphatic rings. The van der Waals surface area contributed by atoms with E-state index in [0.717, 1.165) is 0 Å². The second-order valence-corrected chi connectivity index (χ2v) is 5.23. The van der Waals surface area contributed by atoms with E-state index in [0.29, 0.717) is 33.7 Å². The number of nitrogens with one attached hydrogen (secondary N) is 1. The SMILES string of the molecule is O=C(O)Cc1cccc(Nc2ncnc(-c3cccnc3Cl)n2)c1. The Morgan fingerprint density at radius 3 is 2.83 bits per heavy atom. The number of aliphatic carboxylic acids is 1. The first-order chi connectivity index (χ1) is 11.6. The smallest absolute Gasteiger partial charge is 0.307 e. The molecule has 0 saturated heterocycles. The van der Waals surface area contributed by atoms with Gasteiger partial charge in [0.25, 0.3) is 0 Å². The van der Waals surface area contributed by atoms with Gasteiger partial charge in [-0.15, -0.1) is 0 Å². The highest BCUT2D eigenvalue weighted by atomic mass is 35.5. The number of hydrogen-bond acceptors (Lipinski definition) is 6. The molecule has 8 heteroatoms. The molecule has 0 bridgehead atoms. The van der Waals surface area contributed by atoms with Crippen molar-refractivity contribution in [2.24, 2.45) is 0 Å². The summed E-state index contributed by atoms with van der Waals surface area (Å²) in [7, 11) is 0. The van der Waals surface area contributed by atoms with E-state index >= 15 is 0 Å². The van der Waals surface area contributed by atoms with Crippen LogP contribution in [0.5, 0.6) is 0 Å². The molecule has 0 unspecified atom stereocenters. The van der Waals surface area contributed by atoms with E-state index < -0.39 is 5.97 Å². The van der Waals surface area contributed by atoms with Gasteiger partial charge in [0.2, 0.25) is 5.95 Å². The topological polar surface area (TPSA) is 101 Å². The molecule has 3 aromatic rings. The monoisotopic (exact) mass is 341 g/mol. The molecule has 0 radical (unpaired) electrons. The number of carbonyl (C=O) groups is 1. The van der Waals surface area contributed by atoms with E-state index in [9.17, 15) is 4.79 Å². The molecule has 0 amide bonds. The molecule has 0 atom stereocenters. The predicted octanol–water partition coefficient (Wildman–Crippen LogP) is 2.96. The maximum atomic E-state index is 10.8. The summed E-state index contributed by atoms with van der Waals surface area (Å²) < 4.78 is 0. The van der Waals surface area contributed by atoms with Crippen LogP contribution >= 0.6 is 11.6 Å². The van der Waals surface area contributed by atoms with Crippen molar-refractivity contribution in [2.45, 2.75) is 6.42 Å². The molecule has 1 aromatic carbocycles. The number of carboxylic acid groups (broad SMARTS) is 1. The molecule has 0 spiro atoms. The van der Waals surface area contributed by atoms with Crippen LogP contribution in [0.4, 0.5) is 11.6 Å². The summed E-state index contributed by atoms with van der Waals surface area (Å²) in [4.78, 5) is 27.3. The third-order valence-corrected chi connectivity index (χ3v) is 3.41. The molecular weight excluding hydrogens is 330 g/mol. The number of pyridine rings is 1. The first kappa shape index (κ1) is 15.8. The third kappa shape index (κ3) is 3.82. The van der Waals surface area contributed by atoms with Crippen molar-refractivity contribution in [1.29, 1.82) is 0 Å². The van der Waals surface area contributed by atoms with Crippen LogP contribution in [0, 0.1) is 0 Å². The molecule has 3 rings (SSSR count). The average molecular weight is 342 g/mol. The molecule has 120 valence electrons. The van der Waals surface area contributed by atoms with Gasteiger partial charge in [-0.3, -0.25) is 4.79 Å². The van der Waals surface area contributed by atoms with E-state index in [1.807, 2.05) is 0 Å². The molecular formula is C16H12ClN5O2. The Hall–Kier alpha value is -3.06. The summed E-state index contributed by atoms with van der Waals surface area (Å²) in [6.07, 6.45) is 2.90. The van der Waals surface area contributed by atoms with Gasteiger partial charge in [-0.1, -0.05) is 23.7 Å². The minimum atomic E-state index is -0.888. The van der Waals surface area contributed by atoms with E-state index in [1.54, 1.807) is 42.6 Å². The van der Waals surface area contributed by atoms with Crippen molar-refractivity contribution < 1.29 is 9.90 Å². The molecule has 0 saturated carbocycles. The molecule has 2 heterocycles. The number of rotatable bonds is 5. The number of aromatic nitrogens is 4. The van der Waals surface area contributed by atoms with Gasteiger partial charge in [-0.2, -0.15) is 4.98 Å². The van der Waals surface area contributed by atoms with Gasteiger partial charge in [0.1, 0.15) is 11.5 Å². The van der Waals surface area contributed by atoms with Gasteiger partial charge < -0.3 is 10.4 Å². The summed E-state index contributed by atoms with van der Waals surface area (Å²) in [5, 5.41) is 12.2. The summed E-state index contributed by atoms with van der Waals surface area (Å²) in [5.41, 5.74) is 1.96. The fourth-order valence-corrected chi connectivity index (χ4v) is 2.31. The van der Waals surface area contributed by atoms with Crippen molar-refractivity contribution in [1.82, 2.24) is 19.9 Å². The summed E-state index contributed by atoms with van der Waals surface area (Å²) >= 11 is 6.05. The fourth-order valence-electron chi connectivity index (χ4n) is 2.10. The highest BCUT2D eigenvalue weighted by molar-refractivity contribution is 6.31. The molecule has 2 N–H and O–H groups in total. The number of benzene rings is 1. The average Bonchev–Trinajstić information content (AvgIpc) is 2.55. The lowest BCUT2D eigenvalue weighted by atomic mass is 10.1. The van der Waals surface area contributed by atoms with Crippen molar-refractivity contribution in [2.75, 3.05) is 5.32 Å². The zero-order chi connectivity index (χ0) is 16.9. The van der Waals surface area contributed by atoms with Crippen LogP contribution in [0.15, 0.2) is 48.9 Å². The van der Waals surface area contributed by atoms with E-state index in [1.165, 1.54) is 6.33 Å². The Morgan fingerprint density at radius 2 is 2.04 bits per heavy atom. The number of halogens is 1. The quantitative estimate of drug-likeness (QED) is 0.688. The molecule has 2 aromatic heterocycles. The molecule has 24 heavy (non-hydrogen) atoms. The Balaban J connectivity index is 1.85. The predicted molar refractivity (Wildman–Crippen MR) is 89.1 cm³/mol. The van der Waals surface area contributed by atoms with Crippen molar-refractivity contribution >= 4 is 29.2 Å². The van der Waals surface area contributed by atoms with Crippen LogP contribution in [0.25, 0.3) is 11.4 Å². The van der Waals surface area contributed by atoms with Crippen LogP contribution in [-0.4, -0.2) is 31.0 Å². The van der Waals surface area contributed by atoms with Gasteiger partial charge >= 0.3 is 5.97 Å². The van der Waals surface area contributed by atoms with Gasteiger partial charge in [0.15, 0.2) is 5.82 Å². The number of anilines is 2. The third-order valence-electron chi connectivity index (χ3n) is 3.11. The number of hydrogen-bond donors (Lipinski definition) is 2. The standard InChI is InChI=1S/C16H12ClN5O2/c17-14-12(5-2-6-18-14)15-19-9-20-16(22-15)21-11-4-1-3-10(7-11)8-13(23)24/h1-7,9H,8H2,(H,23,24)(H,19,20,21,22). The Labute approximate surface area is 142 Å². The maximum absolute atomic E-state index is 10.8. The summed E-state index contributed by atoms with van der Waals surface area (Å²) in [6.45, 7) is 0. The lowest BCUT2D eigenvalue weighted by molar-refractivity contribution is -0.136. The first-order valence-electron chi connectivity index (χ1n) is 6.99. The van der Waals surface area contributed by atoms with Crippen molar-refractivity contribution in [3.63, 3.8) is 0 Å². The van der Waals surface area contributed by atoms with Crippen molar-refractivity contribution in [3.8, 4) is 11.4 Å². The Kier molecular flexibility index (Phi) is 4.62. The van der Waals surface area contributed by atoms with Crippen molar-refractivity contribution in [3.05, 3.63) is 59.6 Å². The second-order valence-electron chi connectivity index (χ2n) is 4.87. The zero-order valence-electron chi connectivity index (χ0n) is 12.3. The van der Waals surface area contributed by atoms with Crippen LogP contribution < -0.4 is 5.32 Å². The van der Waals surface area contributed by atoms with Gasteiger partial charge in [0.05, 0.1) is 12.0 Å². The van der Waals surface area contributed by atoms with Crippen LogP contribution in [-0.2, 0) is 11.2 Å². The molecule has 0 fully saturated rings. The lowest BCUT2D eigenvalue weighted by Crippen LogP contribution is -2.02. The highest BCUT2D eigenvalue weighted by Crippen LogP contribution is 2.23. The molecule has 0 aliphatic carbocycles.